The molecule has 138 valence electrons. The van der Waals surface area contributed by atoms with Crippen molar-refractivity contribution in [3.8, 4) is 5.69 Å². The van der Waals surface area contributed by atoms with Crippen LogP contribution in [-0.2, 0) is 0 Å². The lowest BCUT2D eigenvalue weighted by Crippen LogP contribution is -2.21. The summed E-state index contributed by atoms with van der Waals surface area (Å²) in [5, 5.41) is 0.329. The molecule has 0 atom stereocenters. The van der Waals surface area contributed by atoms with Crippen LogP contribution in [0.2, 0.25) is 0 Å². The van der Waals surface area contributed by atoms with Crippen LogP contribution < -0.4 is 5.56 Å². The van der Waals surface area contributed by atoms with Gasteiger partial charge in [0.2, 0.25) is 0 Å². The molecule has 0 fully saturated rings. The highest BCUT2D eigenvalue weighted by molar-refractivity contribution is 7.99. The van der Waals surface area contributed by atoms with Crippen molar-refractivity contribution in [3.05, 3.63) is 87.0 Å². The second-order valence-corrected chi connectivity index (χ2v) is 7.75. The highest BCUT2D eigenvalue weighted by Gasteiger charge is 2.13. The lowest BCUT2D eigenvalue weighted by atomic mass is 10.0. The van der Waals surface area contributed by atoms with E-state index in [1.807, 2.05) is 58.0 Å². The Hall–Kier alpha value is -2.66. The van der Waals surface area contributed by atoms with Gasteiger partial charge in [-0.2, -0.15) is 0 Å². The summed E-state index contributed by atoms with van der Waals surface area (Å²) in [6.07, 6.45) is 3.26. The fraction of sp³-hybridized carbons (Fsp3) is 0.227. The van der Waals surface area contributed by atoms with Crippen molar-refractivity contribution >= 4 is 17.5 Å². The average molecular weight is 378 g/mol. The van der Waals surface area contributed by atoms with Gasteiger partial charge in [-0.25, -0.2) is 4.98 Å². The first-order chi connectivity index (χ1) is 12.8. The van der Waals surface area contributed by atoms with Gasteiger partial charge in [0.15, 0.2) is 10.8 Å². The fourth-order valence-electron chi connectivity index (χ4n) is 3.03. The van der Waals surface area contributed by atoms with Crippen molar-refractivity contribution in [2.24, 2.45) is 0 Å². The van der Waals surface area contributed by atoms with E-state index in [4.69, 9.17) is 0 Å². The van der Waals surface area contributed by atoms with Crippen molar-refractivity contribution in [1.29, 1.82) is 0 Å². The molecular weight excluding hydrogens is 356 g/mol. The summed E-state index contributed by atoms with van der Waals surface area (Å²) < 4.78 is 1.58. The zero-order chi connectivity index (χ0) is 19.6. The van der Waals surface area contributed by atoms with Crippen LogP contribution in [-0.4, -0.2) is 21.1 Å². The lowest BCUT2D eigenvalue weighted by Gasteiger charge is -2.10. The van der Waals surface area contributed by atoms with Crippen LogP contribution in [0.4, 0.5) is 0 Å². The molecule has 0 saturated heterocycles. The quantitative estimate of drug-likeness (QED) is 0.486. The normalized spacial score (nSPS) is 10.8. The Bertz CT molecular complexity index is 1050. The maximum absolute atomic E-state index is 12.8. The molecule has 0 radical (unpaired) electrons. The highest BCUT2D eigenvalue weighted by atomic mass is 32.2. The minimum absolute atomic E-state index is 0.00389. The number of rotatable bonds is 5. The van der Waals surface area contributed by atoms with Crippen molar-refractivity contribution < 1.29 is 4.79 Å². The van der Waals surface area contributed by atoms with Gasteiger partial charge < -0.3 is 0 Å². The summed E-state index contributed by atoms with van der Waals surface area (Å²) in [5.41, 5.74) is 5.47. The minimum Gasteiger partial charge on any atom is -0.293 e. The van der Waals surface area contributed by atoms with Crippen LogP contribution in [0.1, 0.15) is 32.6 Å². The molecule has 5 heteroatoms. The summed E-state index contributed by atoms with van der Waals surface area (Å²) in [5.74, 6) is 0.188. The molecule has 0 aliphatic rings. The monoisotopic (exact) mass is 378 g/mol. The van der Waals surface area contributed by atoms with Crippen LogP contribution >= 0.6 is 11.8 Å². The molecule has 2 aromatic carbocycles. The van der Waals surface area contributed by atoms with Gasteiger partial charge in [-0.1, -0.05) is 35.5 Å². The van der Waals surface area contributed by atoms with E-state index >= 15 is 0 Å². The number of hydrogen-bond donors (Lipinski definition) is 0. The average Bonchev–Trinajstić information content (AvgIpc) is 2.61. The second kappa shape index (κ2) is 7.92. The topological polar surface area (TPSA) is 52.0 Å². The van der Waals surface area contributed by atoms with Gasteiger partial charge in [0.05, 0.1) is 5.75 Å². The standard InChI is InChI=1S/C22H22N2O2S/c1-14-5-6-17(4)19(12-14)20(25)13-27-21-22(26)24(8-7-23-21)18-10-15(2)9-16(3)11-18/h5-12H,13H2,1-4H3. The Kier molecular flexibility index (Phi) is 5.61. The van der Waals surface area contributed by atoms with E-state index < -0.39 is 0 Å². The summed E-state index contributed by atoms with van der Waals surface area (Å²) in [7, 11) is 0. The molecule has 0 aliphatic heterocycles. The van der Waals surface area contributed by atoms with Crippen molar-refractivity contribution in [2.75, 3.05) is 5.75 Å². The first kappa shape index (κ1) is 19.1. The molecule has 0 saturated carbocycles. The van der Waals surface area contributed by atoms with E-state index in [-0.39, 0.29) is 17.1 Å². The van der Waals surface area contributed by atoms with Gasteiger partial charge in [-0.15, -0.1) is 0 Å². The maximum Gasteiger partial charge on any atom is 0.287 e. The zero-order valence-electron chi connectivity index (χ0n) is 15.9. The molecule has 27 heavy (non-hydrogen) atoms. The van der Waals surface area contributed by atoms with E-state index in [0.717, 1.165) is 27.9 Å². The molecule has 0 unspecified atom stereocenters. The van der Waals surface area contributed by atoms with Crippen LogP contribution in [0, 0.1) is 27.7 Å². The van der Waals surface area contributed by atoms with E-state index in [9.17, 15) is 9.59 Å². The number of ketones is 1. The highest BCUT2D eigenvalue weighted by Crippen LogP contribution is 2.18. The molecule has 4 nitrogen and oxygen atoms in total. The smallest absolute Gasteiger partial charge is 0.287 e. The second-order valence-electron chi connectivity index (χ2n) is 6.78. The maximum atomic E-state index is 12.8. The van der Waals surface area contributed by atoms with E-state index in [0.29, 0.717) is 10.6 Å². The van der Waals surface area contributed by atoms with Crippen LogP contribution in [0.5, 0.6) is 0 Å². The number of thioether (sulfide) groups is 1. The molecule has 0 bridgehead atoms. The van der Waals surface area contributed by atoms with Gasteiger partial charge in [0.25, 0.3) is 5.56 Å². The molecule has 1 heterocycles. The number of carbonyl (C=O) groups is 1. The Morgan fingerprint density at radius 1 is 1.00 bits per heavy atom. The summed E-state index contributed by atoms with van der Waals surface area (Å²) in [6, 6.07) is 11.8. The summed E-state index contributed by atoms with van der Waals surface area (Å²) in [4.78, 5) is 29.6. The zero-order valence-corrected chi connectivity index (χ0v) is 16.8. The molecule has 0 aliphatic carbocycles. The van der Waals surface area contributed by atoms with E-state index in [1.165, 1.54) is 11.8 Å². The number of aryl methyl sites for hydroxylation is 4. The van der Waals surface area contributed by atoms with Crippen LogP contribution in [0.3, 0.4) is 0 Å². The molecule has 3 rings (SSSR count). The van der Waals surface area contributed by atoms with Crippen molar-refractivity contribution in [1.82, 2.24) is 9.55 Å². The van der Waals surface area contributed by atoms with Gasteiger partial charge >= 0.3 is 0 Å². The van der Waals surface area contributed by atoms with Crippen LogP contribution in [0.25, 0.3) is 5.69 Å². The molecule has 0 amide bonds. The number of benzene rings is 2. The minimum atomic E-state index is -0.207. The largest absolute Gasteiger partial charge is 0.293 e. The van der Waals surface area contributed by atoms with Gasteiger partial charge in [0, 0.05) is 23.6 Å². The molecule has 0 spiro atoms. The molecule has 0 N–H and O–H groups in total. The SMILES string of the molecule is Cc1cc(C)cc(-n2ccnc(SCC(=O)c3cc(C)ccc3C)c2=O)c1. The van der Waals surface area contributed by atoms with Crippen molar-refractivity contribution in [2.45, 2.75) is 32.7 Å². The van der Waals surface area contributed by atoms with Crippen LogP contribution in [0.15, 0.2) is 58.6 Å². The lowest BCUT2D eigenvalue weighted by molar-refractivity contribution is 0.102. The molecular formula is C22H22N2O2S. The third-order valence-electron chi connectivity index (χ3n) is 4.33. The number of carbonyl (C=O) groups excluding carboxylic acids is 1. The summed E-state index contributed by atoms with van der Waals surface area (Å²) in [6.45, 7) is 7.89. The number of hydrogen-bond acceptors (Lipinski definition) is 4. The van der Waals surface area contributed by atoms with Gasteiger partial charge in [-0.3, -0.25) is 14.2 Å². The predicted octanol–water partition coefficient (Wildman–Crippen LogP) is 4.44. The number of Topliss-reactive ketones (excluding diaryl/α,β-unsaturated/α-hetero) is 1. The first-order valence-electron chi connectivity index (χ1n) is 8.75. The Labute approximate surface area is 163 Å². The van der Waals surface area contributed by atoms with Crippen molar-refractivity contribution in [3.63, 3.8) is 0 Å². The third kappa shape index (κ3) is 4.37. The third-order valence-corrected chi connectivity index (χ3v) is 5.29. The number of nitrogens with zero attached hydrogens (tertiary/aromatic N) is 2. The number of aromatic nitrogens is 2. The van der Waals surface area contributed by atoms with E-state index in [2.05, 4.69) is 11.1 Å². The Morgan fingerprint density at radius 2 is 1.70 bits per heavy atom. The predicted molar refractivity (Wildman–Crippen MR) is 110 cm³/mol. The first-order valence-corrected chi connectivity index (χ1v) is 9.73. The van der Waals surface area contributed by atoms with Gasteiger partial charge in [0.1, 0.15) is 0 Å². The van der Waals surface area contributed by atoms with Gasteiger partial charge in [-0.05, 0) is 62.6 Å². The Morgan fingerprint density at radius 3 is 2.41 bits per heavy atom. The van der Waals surface area contributed by atoms with E-state index in [1.54, 1.807) is 17.0 Å². The summed E-state index contributed by atoms with van der Waals surface area (Å²) >= 11 is 1.19. The molecule has 3 aromatic rings. The molecule has 1 aromatic heterocycles. The fourth-order valence-corrected chi connectivity index (χ4v) is 3.81. The Balaban J connectivity index is 1.85.